The lowest BCUT2D eigenvalue weighted by Gasteiger charge is -2.54. The van der Waals surface area contributed by atoms with Gasteiger partial charge in [0.05, 0.1) is 18.5 Å². The zero-order valence-corrected chi connectivity index (χ0v) is 12.2. The van der Waals surface area contributed by atoms with Crippen molar-refractivity contribution in [2.24, 2.45) is 5.41 Å². The van der Waals surface area contributed by atoms with Crippen LogP contribution in [-0.2, 0) is 0 Å². The van der Waals surface area contributed by atoms with E-state index in [0.29, 0.717) is 22.5 Å². The van der Waals surface area contributed by atoms with Crippen molar-refractivity contribution >= 4 is 11.4 Å². The Morgan fingerprint density at radius 3 is 2.50 bits per heavy atom. The predicted molar refractivity (Wildman–Crippen MR) is 78.7 cm³/mol. The van der Waals surface area contributed by atoms with Gasteiger partial charge in [-0.1, -0.05) is 0 Å². The minimum atomic E-state index is -0.258. The number of ether oxygens (including phenoxy) is 1. The third-order valence-electron chi connectivity index (χ3n) is 4.74. The second-order valence-corrected chi connectivity index (χ2v) is 6.20. The zero-order valence-electron chi connectivity index (χ0n) is 12.2. The molecule has 0 atom stereocenters. The van der Waals surface area contributed by atoms with E-state index >= 15 is 0 Å². The highest BCUT2D eigenvalue weighted by atomic mass is 19.1. The number of nitrogens with zero attached hydrogens (tertiary/aromatic N) is 2. The van der Waals surface area contributed by atoms with Crippen LogP contribution in [0.3, 0.4) is 0 Å². The number of methoxy groups -OCH3 is 1. The topological polar surface area (TPSA) is 41.7 Å². The number of anilines is 2. The number of piperidine rings is 1. The van der Waals surface area contributed by atoms with E-state index in [2.05, 4.69) is 16.8 Å². The van der Waals surface area contributed by atoms with Crippen molar-refractivity contribution in [2.45, 2.75) is 12.8 Å². The highest BCUT2D eigenvalue weighted by molar-refractivity contribution is 5.64. The number of benzene rings is 1. The molecule has 4 nitrogen and oxygen atoms in total. The molecule has 110 valence electrons. The molecule has 20 heavy (non-hydrogen) atoms. The second kappa shape index (κ2) is 4.81. The summed E-state index contributed by atoms with van der Waals surface area (Å²) in [4.78, 5) is 4.46. The SMILES string of the molecule is COc1cc(N2CC3(CCN(C)CC3)C2)c(F)cc1N. The Morgan fingerprint density at radius 2 is 1.90 bits per heavy atom. The van der Waals surface area contributed by atoms with Crippen LogP contribution in [0.2, 0.25) is 0 Å². The maximum atomic E-state index is 14.1. The van der Waals surface area contributed by atoms with E-state index in [1.807, 2.05) is 0 Å². The maximum Gasteiger partial charge on any atom is 0.148 e. The molecule has 2 N–H and O–H groups in total. The molecule has 5 heteroatoms. The number of likely N-dealkylation sites (tertiary alicyclic amines) is 1. The Morgan fingerprint density at radius 1 is 1.25 bits per heavy atom. The molecule has 1 spiro atoms. The summed E-state index contributed by atoms with van der Waals surface area (Å²) >= 11 is 0. The Kier molecular flexibility index (Phi) is 3.24. The molecule has 0 saturated carbocycles. The molecule has 2 aliphatic heterocycles. The van der Waals surface area contributed by atoms with Gasteiger partial charge >= 0.3 is 0 Å². The van der Waals surface area contributed by atoms with E-state index in [1.54, 1.807) is 13.2 Å². The fraction of sp³-hybridized carbons (Fsp3) is 0.600. The summed E-state index contributed by atoms with van der Waals surface area (Å²) in [6.45, 7) is 4.15. The number of hydrogen-bond acceptors (Lipinski definition) is 4. The molecular weight excluding hydrogens is 257 g/mol. The molecule has 0 radical (unpaired) electrons. The van der Waals surface area contributed by atoms with Gasteiger partial charge in [0.1, 0.15) is 11.6 Å². The molecule has 2 aliphatic rings. The van der Waals surface area contributed by atoms with Crippen molar-refractivity contribution < 1.29 is 9.13 Å². The largest absolute Gasteiger partial charge is 0.495 e. The fourth-order valence-electron chi connectivity index (χ4n) is 3.32. The molecule has 0 bridgehead atoms. The monoisotopic (exact) mass is 279 g/mol. The first kappa shape index (κ1) is 13.5. The smallest absolute Gasteiger partial charge is 0.148 e. The van der Waals surface area contributed by atoms with Gasteiger partial charge in [-0.05, 0) is 33.0 Å². The molecule has 0 unspecified atom stereocenters. The number of rotatable bonds is 2. The van der Waals surface area contributed by atoms with E-state index in [9.17, 15) is 4.39 Å². The molecule has 1 aromatic rings. The van der Waals surface area contributed by atoms with Crippen LogP contribution in [0.25, 0.3) is 0 Å². The Bertz CT molecular complexity index is 504. The molecule has 3 rings (SSSR count). The van der Waals surface area contributed by atoms with E-state index in [4.69, 9.17) is 10.5 Å². The lowest BCUT2D eigenvalue weighted by Crippen LogP contribution is -2.60. The molecule has 0 aliphatic carbocycles. The minimum absolute atomic E-state index is 0.258. The average Bonchev–Trinajstić information content (AvgIpc) is 2.38. The summed E-state index contributed by atoms with van der Waals surface area (Å²) in [6.07, 6.45) is 2.40. The first-order valence-electron chi connectivity index (χ1n) is 7.09. The van der Waals surface area contributed by atoms with Crippen LogP contribution >= 0.6 is 0 Å². The molecular formula is C15H22FN3O. The lowest BCUT2D eigenvalue weighted by molar-refractivity contribution is 0.0901. The lowest BCUT2D eigenvalue weighted by atomic mass is 9.72. The third kappa shape index (κ3) is 2.20. The fourth-order valence-corrected chi connectivity index (χ4v) is 3.32. The number of hydrogen-bond donors (Lipinski definition) is 1. The predicted octanol–water partition coefficient (Wildman–Crippen LogP) is 1.95. The van der Waals surface area contributed by atoms with Crippen LogP contribution in [0.15, 0.2) is 12.1 Å². The summed E-state index contributed by atoms with van der Waals surface area (Å²) in [5, 5.41) is 0. The van der Waals surface area contributed by atoms with Gasteiger partial charge in [0, 0.05) is 30.6 Å². The van der Waals surface area contributed by atoms with Gasteiger partial charge < -0.3 is 20.3 Å². The van der Waals surface area contributed by atoms with Crippen LogP contribution in [0.5, 0.6) is 5.75 Å². The van der Waals surface area contributed by atoms with Crippen LogP contribution in [0, 0.1) is 11.2 Å². The Labute approximate surface area is 119 Å². The third-order valence-corrected chi connectivity index (χ3v) is 4.74. The summed E-state index contributed by atoms with van der Waals surface area (Å²) in [5.74, 6) is 0.289. The molecule has 2 fully saturated rings. The van der Waals surface area contributed by atoms with E-state index in [-0.39, 0.29) is 5.82 Å². The molecule has 2 heterocycles. The van der Waals surface area contributed by atoms with E-state index in [0.717, 1.165) is 26.2 Å². The van der Waals surface area contributed by atoms with E-state index in [1.165, 1.54) is 18.9 Å². The highest BCUT2D eigenvalue weighted by Crippen LogP contribution is 2.44. The second-order valence-electron chi connectivity index (χ2n) is 6.20. The first-order chi connectivity index (χ1) is 9.53. The number of nitrogens with two attached hydrogens (primary N) is 1. The summed E-state index contributed by atoms with van der Waals surface area (Å²) in [5.41, 5.74) is 7.07. The van der Waals surface area contributed by atoms with Gasteiger partial charge in [-0.2, -0.15) is 0 Å². The summed E-state index contributed by atoms with van der Waals surface area (Å²) in [6, 6.07) is 3.07. The van der Waals surface area contributed by atoms with Gasteiger partial charge in [-0.3, -0.25) is 0 Å². The van der Waals surface area contributed by atoms with Crippen LogP contribution in [0.4, 0.5) is 15.8 Å². The summed E-state index contributed by atoms with van der Waals surface area (Å²) in [7, 11) is 3.72. The molecule has 2 saturated heterocycles. The molecule has 1 aromatic carbocycles. The van der Waals surface area contributed by atoms with Crippen LogP contribution in [0.1, 0.15) is 12.8 Å². The number of nitrogen functional groups attached to an aromatic ring is 1. The standard InChI is InChI=1S/C15H22FN3O/c1-18-5-3-15(4-6-18)9-19(10-15)13-8-14(20-2)12(17)7-11(13)16/h7-8H,3-6,9-10,17H2,1-2H3. The number of halogens is 1. The van der Waals surface area contributed by atoms with E-state index < -0.39 is 0 Å². The van der Waals surface area contributed by atoms with Crippen molar-refractivity contribution in [1.29, 1.82) is 0 Å². The van der Waals surface area contributed by atoms with Gasteiger partial charge in [-0.15, -0.1) is 0 Å². The molecule has 0 amide bonds. The first-order valence-corrected chi connectivity index (χ1v) is 7.09. The Balaban J connectivity index is 1.74. The van der Waals surface area contributed by atoms with Gasteiger partial charge in [0.2, 0.25) is 0 Å². The molecule has 0 aromatic heterocycles. The summed E-state index contributed by atoms with van der Waals surface area (Å²) < 4.78 is 19.3. The maximum absolute atomic E-state index is 14.1. The highest BCUT2D eigenvalue weighted by Gasteiger charge is 2.45. The van der Waals surface area contributed by atoms with Crippen LogP contribution < -0.4 is 15.4 Å². The average molecular weight is 279 g/mol. The van der Waals surface area contributed by atoms with Crippen molar-refractivity contribution in [3.8, 4) is 5.75 Å². The van der Waals surface area contributed by atoms with Crippen molar-refractivity contribution in [2.75, 3.05) is 51.0 Å². The van der Waals surface area contributed by atoms with Gasteiger partial charge in [0.15, 0.2) is 0 Å². The normalized spacial score (nSPS) is 21.9. The quantitative estimate of drug-likeness (QED) is 0.840. The minimum Gasteiger partial charge on any atom is -0.495 e. The Hall–Kier alpha value is -1.49. The van der Waals surface area contributed by atoms with Crippen molar-refractivity contribution in [3.63, 3.8) is 0 Å². The van der Waals surface area contributed by atoms with Crippen molar-refractivity contribution in [3.05, 3.63) is 17.9 Å². The van der Waals surface area contributed by atoms with Gasteiger partial charge in [-0.25, -0.2) is 4.39 Å². The van der Waals surface area contributed by atoms with Crippen LogP contribution in [-0.4, -0.2) is 45.2 Å². The zero-order chi connectivity index (χ0) is 14.3. The van der Waals surface area contributed by atoms with Crippen molar-refractivity contribution in [1.82, 2.24) is 4.90 Å². The van der Waals surface area contributed by atoms with Gasteiger partial charge in [0.25, 0.3) is 0 Å².